The standard InChI is InChI=1S/C20H31FN2/c1-17(2)7-6-8-18(3)11-12-22-13-15-23(16-14-22)20-10-5-4-9-19(20)21/h4-5,7,9-10,18H,6,8,11-16H2,1-3H3/p+1/t18-/m0/s1. The topological polar surface area (TPSA) is 7.68 Å². The molecule has 1 atom stereocenters. The molecule has 2 rings (SSSR count). The minimum absolute atomic E-state index is 0.0937. The van der Waals surface area contributed by atoms with Crippen molar-refractivity contribution in [2.45, 2.75) is 40.0 Å². The van der Waals surface area contributed by atoms with Gasteiger partial charge < -0.3 is 9.80 Å². The highest BCUT2D eigenvalue weighted by molar-refractivity contribution is 5.47. The number of benzene rings is 1. The van der Waals surface area contributed by atoms with Gasteiger partial charge in [0, 0.05) is 0 Å². The summed E-state index contributed by atoms with van der Waals surface area (Å²) in [7, 11) is 0. The van der Waals surface area contributed by atoms with Crippen LogP contribution >= 0.6 is 0 Å². The lowest BCUT2D eigenvalue weighted by molar-refractivity contribution is -0.901. The number of allylic oxidation sites excluding steroid dienone is 2. The summed E-state index contributed by atoms with van der Waals surface area (Å²) < 4.78 is 13.8. The molecule has 1 aliphatic heterocycles. The van der Waals surface area contributed by atoms with Gasteiger partial charge in [-0.1, -0.05) is 30.7 Å². The Balaban J connectivity index is 1.69. The number of hydrogen-bond acceptors (Lipinski definition) is 1. The van der Waals surface area contributed by atoms with E-state index in [1.165, 1.54) is 31.4 Å². The number of rotatable bonds is 7. The Hall–Kier alpha value is -1.35. The maximum absolute atomic E-state index is 13.8. The van der Waals surface area contributed by atoms with Crippen LogP contribution in [0.5, 0.6) is 0 Å². The number of piperazine rings is 1. The van der Waals surface area contributed by atoms with Gasteiger partial charge in [-0.15, -0.1) is 0 Å². The van der Waals surface area contributed by atoms with Crippen LogP contribution in [0.4, 0.5) is 10.1 Å². The molecule has 1 aliphatic rings. The van der Waals surface area contributed by atoms with E-state index in [1.54, 1.807) is 17.0 Å². The zero-order valence-electron chi connectivity index (χ0n) is 14.9. The van der Waals surface area contributed by atoms with Crippen molar-refractivity contribution in [2.24, 2.45) is 5.92 Å². The Kier molecular flexibility index (Phi) is 7.10. The molecule has 0 bridgehead atoms. The molecule has 128 valence electrons. The van der Waals surface area contributed by atoms with Crippen molar-refractivity contribution in [2.75, 3.05) is 37.6 Å². The molecule has 0 amide bonds. The molecule has 0 unspecified atom stereocenters. The first kappa shape index (κ1) is 18.0. The number of anilines is 1. The highest BCUT2D eigenvalue weighted by atomic mass is 19.1. The fourth-order valence-electron chi connectivity index (χ4n) is 3.27. The van der Waals surface area contributed by atoms with Gasteiger partial charge in [-0.3, -0.25) is 0 Å². The summed E-state index contributed by atoms with van der Waals surface area (Å²) in [6.45, 7) is 12.1. The summed E-state index contributed by atoms with van der Waals surface area (Å²) in [6, 6.07) is 7.14. The number of quaternary nitrogens is 1. The third-order valence-corrected chi connectivity index (χ3v) is 4.87. The Morgan fingerprint density at radius 3 is 2.57 bits per heavy atom. The molecule has 1 N–H and O–H groups in total. The number of hydrogen-bond donors (Lipinski definition) is 1. The minimum atomic E-state index is -0.0937. The van der Waals surface area contributed by atoms with Gasteiger partial charge in [0.05, 0.1) is 38.4 Å². The zero-order valence-corrected chi connectivity index (χ0v) is 14.9. The maximum Gasteiger partial charge on any atom is 0.146 e. The molecule has 0 saturated carbocycles. The first-order chi connectivity index (χ1) is 11.1. The highest BCUT2D eigenvalue weighted by Crippen LogP contribution is 2.18. The molecule has 1 heterocycles. The van der Waals surface area contributed by atoms with Gasteiger partial charge in [-0.25, -0.2) is 4.39 Å². The number of nitrogens with zero attached hydrogens (tertiary/aromatic N) is 1. The lowest BCUT2D eigenvalue weighted by Crippen LogP contribution is -3.15. The van der Waals surface area contributed by atoms with Crippen LogP contribution in [0.3, 0.4) is 0 Å². The third kappa shape index (κ3) is 5.98. The van der Waals surface area contributed by atoms with Crippen LogP contribution in [0.25, 0.3) is 0 Å². The smallest absolute Gasteiger partial charge is 0.146 e. The van der Waals surface area contributed by atoms with Crippen LogP contribution in [-0.2, 0) is 0 Å². The van der Waals surface area contributed by atoms with Gasteiger partial charge in [-0.2, -0.15) is 0 Å². The normalized spacial score (nSPS) is 17.1. The zero-order chi connectivity index (χ0) is 16.7. The van der Waals surface area contributed by atoms with Crippen molar-refractivity contribution in [1.29, 1.82) is 0 Å². The van der Waals surface area contributed by atoms with Gasteiger partial charge in [0.15, 0.2) is 0 Å². The summed E-state index contributed by atoms with van der Waals surface area (Å²) in [4.78, 5) is 3.86. The lowest BCUT2D eigenvalue weighted by atomic mass is 10.0. The monoisotopic (exact) mass is 319 g/mol. The molecule has 0 aromatic heterocycles. The number of halogens is 1. The molecule has 0 aliphatic carbocycles. The minimum Gasteiger partial charge on any atom is -0.358 e. The van der Waals surface area contributed by atoms with Crippen molar-refractivity contribution in [1.82, 2.24) is 0 Å². The van der Waals surface area contributed by atoms with Gasteiger partial charge in [0.2, 0.25) is 0 Å². The van der Waals surface area contributed by atoms with E-state index in [1.807, 2.05) is 12.1 Å². The fraction of sp³-hybridized carbons (Fsp3) is 0.600. The molecule has 3 heteroatoms. The molecule has 1 aromatic carbocycles. The second-order valence-corrected chi connectivity index (χ2v) is 7.19. The average Bonchev–Trinajstić information content (AvgIpc) is 2.54. The Morgan fingerprint density at radius 2 is 1.91 bits per heavy atom. The van der Waals surface area contributed by atoms with Crippen molar-refractivity contribution in [3.05, 3.63) is 41.7 Å². The molecule has 23 heavy (non-hydrogen) atoms. The molecule has 2 nitrogen and oxygen atoms in total. The predicted octanol–water partition coefficient (Wildman–Crippen LogP) is 3.30. The number of nitrogens with one attached hydrogen (secondary N) is 1. The summed E-state index contributed by atoms with van der Waals surface area (Å²) in [5, 5.41) is 0. The van der Waals surface area contributed by atoms with Gasteiger partial charge in [0.25, 0.3) is 0 Å². The number of para-hydroxylation sites is 1. The van der Waals surface area contributed by atoms with E-state index in [9.17, 15) is 4.39 Å². The summed E-state index contributed by atoms with van der Waals surface area (Å²) >= 11 is 0. The molecule has 1 aromatic rings. The van der Waals surface area contributed by atoms with Crippen LogP contribution in [-0.4, -0.2) is 32.7 Å². The van der Waals surface area contributed by atoms with E-state index >= 15 is 0 Å². The summed E-state index contributed by atoms with van der Waals surface area (Å²) in [5.41, 5.74) is 2.19. The second-order valence-electron chi connectivity index (χ2n) is 7.19. The fourth-order valence-corrected chi connectivity index (χ4v) is 3.27. The second kappa shape index (κ2) is 9.07. The largest absolute Gasteiger partial charge is 0.358 e. The molecule has 0 radical (unpaired) electrons. The van der Waals surface area contributed by atoms with E-state index in [2.05, 4.69) is 31.7 Å². The van der Waals surface area contributed by atoms with Crippen molar-refractivity contribution >= 4 is 5.69 Å². The van der Waals surface area contributed by atoms with E-state index < -0.39 is 0 Å². The Morgan fingerprint density at radius 1 is 1.22 bits per heavy atom. The Labute approximate surface area is 141 Å². The molecular formula is C20H32FN2+. The van der Waals surface area contributed by atoms with Crippen LogP contribution in [0.2, 0.25) is 0 Å². The molecule has 1 fully saturated rings. The van der Waals surface area contributed by atoms with Gasteiger partial charge in [-0.05, 0) is 51.2 Å². The van der Waals surface area contributed by atoms with Crippen molar-refractivity contribution < 1.29 is 9.29 Å². The van der Waals surface area contributed by atoms with Crippen LogP contribution in [0.1, 0.15) is 40.0 Å². The first-order valence-corrected chi connectivity index (χ1v) is 9.02. The first-order valence-electron chi connectivity index (χ1n) is 9.02. The predicted molar refractivity (Wildman–Crippen MR) is 96.6 cm³/mol. The quantitative estimate of drug-likeness (QED) is 0.758. The molecule has 1 saturated heterocycles. The van der Waals surface area contributed by atoms with E-state index in [-0.39, 0.29) is 5.82 Å². The van der Waals surface area contributed by atoms with Crippen molar-refractivity contribution in [3.8, 4) is 0 Å². The molecule has 0 spiro atoms. The van der Waals surface area contributed by atoms with E-state index in [0.717, 1.165) is 37.8 Å². The summed E-state index contributed by atoms with van der Waals surface area (Å²) in [5.74, 6) is 0.701. The van der Waals surface area contributed by atoms with Crippen molar-refractivity contribution in [3.63, 3.8) is 0 Å². The lowest BCUT2D eigenvalue weighted by Gasteiger charge is -2.34. The Bertz CT molecular complexity index is 500. The van der Waals surface area contributed by atoms with Gasteiger partial charge in [0.1, 0.15) is 5.82 Å². The highest BCUT2D eigenvalue weighted by Gasteiger charge is 2.21. The molecular weight excluding hydrogens is 287 g/mol. The maximum atomic E-state index is 13.8. The summed E-state index contributed by atoms with van der Waals surface area (Å²) in [6.07, 6.45) is 6.14. The average molecular weight is 319 g/mol. The van der Waals surface area contributed by atoms with E-state index in [0.29, 0.717) is 0 Å². The van der Waals surface area contributed by atoms with E-state index in [4.69, 9.17) is 0 Å². The SMILES string of the molecule is CC(C)=CCC[C@H](C)CC[NH+]1CCN(c2ccccc2F)CC1. The third-order valence-electron chi connectivity index (χ3n) is 4.87. The van der Waals surface area contributed by atoms with Crippen LogP contribution < -0.4 is 9.80 Å². The van der Waals surface area contributed by atoms with Crippen LogP contribution in [0, 0.1) is 11.7 Å². The van der Waals surface area contributed by atoms with Gasteiger partial charge >= 0.3 is 0 Å². The van der Waals surface area contributed by atoms with Crippen LogP contribution in [0.15, 0.2) is 35.9 Å².